The largest absolute Gasteiger partial charge is 0.348 e. The summed E-state index contributed by atoms with van der Waals surface area (Å²) in [7, 11) is 0. The Hall–Kier alpha value is -0.220. The van der Waals surface area contributed by atoms with Crippen molar-refractivity contribution in [2.45, 2.75) is 58.2 Å². The Kier molecular flexibility index (Phi) is 7.88. The fourth-order valence-electron chi connectivity index (χ4n) is 1.29. The first-order valence-corrected chi connectivity index (χ1v) is 7.56. The Morgan fingerprint density at radius 3 is 2.41 bits per heavy atom. The van der Waals surface area contributed by atoms with E-state index in [9.17, 15) is 4.79 Å². The number of unbranched alkanes of at least 4 members (excludes halogenated alkanes) is 1. The third-order valence-corrected chi connectivity index (χ3v) is 4.58. The summed E-state index contributed by atoms with van der Waals surface area (Å²) in [4.78, 5) is 12.0. The average Bonchev–Trinajstić information content (AvgIpc) is 2.28. The second-order valence-corrected chi connectivity index (χ2v) is 6.58. The van der Waals surface area contributed by atoms with Crippen molar-refractivity contribution in [3.63, 3.8) is 0 Å². The van der Waals surface area contributed by atoms with Gasteiger partial charge in [-0.1, -0.05) is 27.2 Å². The van der Waals surface area contributed by atoms with Crippen molar-refractivity contribution in [2.24, 2.45) is 11.7 Å². The molecule has 0 aliphatic carbocycles. The number of carbonyl (C=O) groups is 1. The maximum atomic E-state index is 12.0. The molecule has 3 N–H and O–H groups in total. The highest BCUT2D eigenvalue weighted by atomic mass is 32.2. The first-order valence-electron chi connectivity index (χ1n) is 6.51. The molecule has 17 heavy (non-hydrogen) atoms. The molecule has 0 aromatic carbocycles. The highest BCUT2D eigenvalue weighted by molar-refractivity contribution is 8.00. The summed E-state index contributed by atoms with van der Waals surface area (Å²) < 4.78 is 0. The predicted molar refractivity (Wildman–Crippen MR) is 77.3 cm³/mol. The quantitative estimate of drug-likeness (QED) is 0.659. The maximum Gasteiger partial charge on any atom is 0.233 e. The number of rotatable bonds is 8. The van der Waals surface area contributed by atoms with Crippen molar-refractivity contribution in [1.82, 2.24) is 5.32 Å². The molecule has 0 bridgehead atoms. The van der Waals surface area contributed by atoms with Gasteiger partial charge in [-0.2, -0.15) is 0 Å². The molecular formula is C13H28N2OS. The number of hydrogen-bond acceptors (Lipinski definition) is 3. The Morgan fingerprint density at radius 1 is 1.41 bits per heavy atom. The summed E-state index contributed by atoms with van der Waals surface area (Å²) in [6.07, 6.45) is 2.34. The summed E-state index contributed by atoms with van der Waals surface area (Å²) >= 11 is 1.72. The lowest BCUT2D eigenvalue weighted by Crippen LogP contribution is -2.56. The Bertz CT molecular complexity index is 233. The first kappa shape index (κ1) is 16.8. The monoisotopic (exact) mass is 260 g/mol. The fraction of sp³-hybridized carbons (Fsp3) is 0.923. The molecule has 102 valence electrons. The van der Waals surface area contributed by atoms with E-state index in [-0.39, 0.29) is 16.7 Å². The summed E-state index contributed by atoms with van der Waals surface area (Å²) in [5.74, 6) is 1.49. The van der Waals surface area contributed by atoms with Gasteiger partial charge in [0, 0.05) is 6.54 Å². The van der Waals surface area contributed by atoms with Crippen LogP contribution in [0.4, 0.5) is 0 Å². The maximum absolute atomic E-state index is 12.0. The minimum atomic E-state index is -0.295. The lowest BCUT2D eigenvalue weighted by molar-refractivity contribution is -0.122. The average molecular weight is 260 g/mol. The molecule has 2 atom stereocenters. The van der Waals surface area contributed by atoms with Crippen molar-refractivity contribution in [3.8, 4) is 0 Å². The van der Waals surface area contributed by atoms with Gasteiger partial charge >= 0.3 is 0 Å². The number of nitrogens with two attached hydrogens (primary N) is 1. The smallest absolute Gasteiger partial charge is 0.233 e. The molecule has 0 aliphatic heterocycles. The number of amides is 1. The van der Waals surface area contributed by atoms with E-state index < -0.39 is 0 Å². The Labute approximate surface area is 110 Å². The van der Waals surface area contributed by atoms with E-state index in [4.69, 9.17) is 5.73 Å². The van der Waals surface area contributed by atoms with Crippen LogP contribution in [0.25, 0.3) is 0 Å². The van der Waals surface area contributed by atoms with Crippen LogP contribution in [-0.2, 0) is 4.79 Å². The molecule has 0 fully saturated rings. The van der Waals surface area contributed by atoms with Crippen LogP contribution in [0.2, 0.25) is 0 Å². The fourth-order valence-corrected chi connectivity index (χ4v) is 2.31. The topological polar surface area (TPSA) is 55.1 Å². The van der Waals surface area contributed by atoms with Crippen LogP contribution in [0.15, 0.2) is 0 Å². The van der Waals surface area contributed by atoms with Crippen LogP contribution < -0.4 is 11.1 Å². The molecule has 0 aromatic rings. The third-order valence-electron chi connectivity index (χ3n) is 3.34. The second-order valence-electron chi connectivity index (χ2n) is 5.13. The van der Waals surface area contributed by atoms with Gasteiger partial charge in [-0.05, 0) is 31.9 Å². The molecule has 0 saturated heterocycles. The molecule has 0 saturated carbocycles. The molecule has 2 unspecified atom stereocenters. The van der Waals surface area contributed by atoms with Crippen molar-refractivity contribution in [2.75, 3.05) is 12.3 Å². The van der Waals surface area contributed by atoms with Crippen LogP contribution in [0, 0.1) is 5.92 Å². The van der Waals surface area contributed by atoms with Gasteiger partial charge in [0.1, 0.15) is 0 Å². The standard InChI is InChI=1S/C13H28N2OS/c1-6-7-8-17-11(4)12(16)15-13(5,9-14)10(2)3/h10-11H,6-9,14H2,1-5H3,(H,15,16). The van der Waals surface area contributed by atoms with Crippen molar-refractivity contribution >= 4 is 17.7 Å². The Balaban J connectivity index is 4.22. The minimum Gasteiger partial charge on any atom is -0.348 e. The minimum absolute atomic E-state index is 0.00572. The summed E-state index contributed by atoms with van der Waals surface area (Å²) in [6, 6.07) is 0. The molecule has 4 heteroatoms. The molecule has 0 aliphatic rings. The van der Waals surface area contributed by atoms with Crippen molar-refractivity contribution in [1.29, 1.82) is 0 Å². The number of nitrogens with one attached hydrogen (secondary N) is 1. The predicted octanol–water partition coefficient (Wildman–Crippen LogP) is 2.40. The van der Waals surface area contributed by atoms with E-state index in [1.54, 1.807) is 11.8 Å². The highest BCUT2D eigenvalue weighted by Gasteiger charge is 2.30. The SMILES string of the molecule is CCCCSC(C)C(=O)NC(C)(CN)C(C)C. The van der Waals surface area contributed by atoms with Gasteiger partial charge in [-0.3, -0.25) is 4.79 Å². The van der Waals surface area contributed by atoms with Crippen LogP contribution >= 0.6 is 11.8 Å². The van der Waals surface area contributed by atoms with Gasteiger partial charge < -0.3 is 11.1 Å². The number of thioether (sulfide) groups is 1. The summed E-state index contributed by atoms with van der Waals surface area (Å²) in [6.45, 7) is 10.8. The van der Waals surface area contributed by atoms with E-state index in [2.05, 4.69) is 26.1 Å². The van der Waals surface area contributed by atoms with Crippen molar-refractivity contribution in [3.05, 3.63) is 0 Å². The summed E-state index contributed by atoms with van der Waals surface area (Å²) in [5.41, 5.74) is 5.46. The van der Waals surface area contributed by atoms with Gasteiger partial charge in [0.2, 0.25) is 5.91 Å². The molecular weight excluding hydrogens is 232 g/mol. The zero-order valence-corrected chi connectivity index (χ0v) is 12.7. The molecule has 0 aromatic heterocycles. The normalized spacial score (nSPS) is 16.6. The highest BCUT2D eigenvalue weighted by Crippen LogP contribution is 2.18. The van der Waals surface area contributed by atoms with E-state index in [0.717, 1.165) is 5.75 Å². The van der Waals surface area contributed by atoms with Crippen LogP contribution in [-0.4, -0.2) is 29.0 Å². The lowest BCUT2D eigenvalue weighted by Gasteiger charge is -2.34. The second kappa shape index (κ2) is 7.98. The molecule has 0 heterocycles. The molecule has 3 nitrogen and oxygen atoms in total. The van der Waals surface area contributed by atoms with E-state index in [0.29, 0.717) is 12.5 Å². The Morgan fingerprint density at radius 2 is 2.00 bits per heavy atom. The van der Waals surface area contributed by atoms with Gasteiger partial charge in [0.15, 0.2) is 0 Å². The van der Waals surface area contributed by atoms with E-state index in [1.165, 1.54) is 12.8 Å². The van der Waals surface area contributed by atoms with Crippen molar-refractivity contribution < 1.29 is 4.79 Å². The molecule has 0 rings (SSSR count). The lowest BCUT2D eigenvalue weighted by atomic mass is 9.88. The third kappa shape index (κ3) is 5.77. The number of carbonyl (C=O) groups excluding carboxylic acids is 1. The van der Waals surface area contributed by atoms with Crippen LogP contribution in [0.5, 0.6) is 0 Å². The molecule has 1 amide bonds. The summed E-state index contributed by atoms with van der Waals surface area (Å²) in [5, 5.41) is 3.09. The van der Waals surface area contributed by atoms with E-state index in [1.807, 2.05) is 13.8 Å². The molecule has 0 spiro atoms. The van der Waals surface area contributed by atoms with E-state index >= 15 is 0 Å². The number of hydrogen-bond donors (Lipinski definition) is 2. The zero-order chi connectivity index (χ0) is 13.5. The first-order chi connectivity index (χ1) is 7.87. The van der Waals surface area contributed by atoms with Gasteiger partial charge in [-0.25, -0.2) is 0 Å². The molecule has 0 radical (unpaired) electrons. The zero-order valence-electron chi connectivity index (χ0n) is 11.9. The van der Waals surface area contributed by atoms with Gasteiger partial charge in [0.25, 0.3) is 0 Å². The van der Waals surface area contributed by atoms with Gasteiger partial charge in [0.05, 0.1) is 10.8 Å². The van der Waals surface area contributed by atoms with Crippen LogP contribution in [0.1, 0.15) is 47.5 Å². The van der Waals surface area contributed by atoms with Gasteiger partial charge in [-0.15, -0.1) is 11.8 Å². The van der Waals surface area contributed by atoms with Crippen LogP contribution in [0.3, 0.4) is 0 Å².